The molecular formula is C7H14N2O3S. The molecule has 0 aromatic heterocycles. The molecular weight excluding hydrogens is 192 g/mol. The highest BCUT2D eigenvalue weighted by atomic mass is 32.2. The Morgan fingerprint density at radius 1 is 1.54 bits per heavy atom. The van der Waals surface area contributed by atoms with Crippen LogP contribution in [0.3, 0.4) is 0 Å². The molecule has 13 heavy (non-hydrogen) atoms. The summed E-state index contributed by atoms with van der Waals surface area (Å²) < 4.78 is 0. The van der Waals surface area contributed by atoms with Gasteiger partial charge in [-0.15, -0.1) is 0 Å². The van der Waals surface area contributed by atoms with E-state index in [1.807, 2.05) is 6.26 Å². The third-order valence-electron chi connectivity index (χ3n) is 1.44. The first-order valence-corrected chi connectivity index (χ1v) is 5.21. The van der Waals surface area contributed by atoms with E-state index in [0.717, 1.165) is 0 Å². The van der Waals surface area contributed by atoms with Crippen molar-refractivity contribution in [3.05, 3.63) is 0 Å². The summed E-state index contributed by atoms with van der Waals surface area (Å²) >= 11 is 1.55. The Labute approximate surface area is 81.3 Å². The van der Waals surface area contributed by atoms with E-state index in [4.69, 9.17) is 5.11 Å². The molecule has 0 aliphatic heterocycles. The lowest BCUT2D eigenvalue weighted by atomic mass is 10.2. The van der Waals surface area contributed by atoms with Crippen LogP contribution in [0.25, 0.3) is 0 Å². The van der Waals surface area contributed by atoms with Crippen molar-refractivity contribution in [2.24, 2.45) is 0 Å². The Bertz CT molecular complexity index is 187. The molecule has 0 bridgehead atoms. The van der Waals surface area contributed by atoms with Crippen molar-refractivity contribution in [1.29, 1.82) is 0 Å². The molecule has 0 rings (SSSR count). The minimum Gasteiger partial charge on any atom is -0.480 e. The Balaban J connectivity index is 3.94. The molecule has 1 unspecified atom stereocenters. The maximum absolute atomic E-state index is 10.8. The van der Waals surface area contributed by atoms with Crippen molar-refractivity contribution in [2.75, 3.05) is 19.1 Å². The monoisotopic (exact) mass is 206 g/mol. The zero-order chi connectivity index (χ0) is 10.3. The van der Waals surface area contributed by atoms with Gasteiger partial charge in [0.05, 0.1) is 0 Å². The predicted molar refractivity (Wildman–Crippen MR) is 52.0 cm³/mol. The molecule has 2 amide bonds. The summed E-state index contributed by atoms with van der Waals surface area (Å²) in [5, 5.41) is 13.3. The van der Waals surface area contributed by atoms with Gasteiger partial charge in [-0.05, 0) is 18.4 Å². The topological polar surface area (TPSA) is 78.4 Å². The van der Waals surface area contributed by atoms with Crippen LogP contribution in [-0.4, -0.2) is 42.2 Å². The smallest absolute Gasteiger partial charge is 0.326 e. The van der Waals surface area contributed by atoms with Gasteiger partial charge < -0.3 is 15.7 Å². The van der Waals surface area contributed by atoms with Crippen molar-refractivity contribution in [3.8, 4) is 0 Å². The molecule has 0 fully saturated rings. The molecule has 0 saturated carbocycles. The average molecular weight is 206 g/mol. The number of carbonyl (C=O) groups excluding carboxylic acids is 1. The molecule has 0 heterocycles. The molecule has 0 saturated heterocycles. The summed E-state index contributed by atoms with van der Waals surface area (Å²) in [6, 6.07) is -1.26. The van der Waals surface area contributed by atoms with Gasteiger partial charge in [0.1, 0.15) is 6.04 Å². The number of urea groups is 1. The van der Waals surface area contributed by atoms with E-state index >= 15 is 0 Å². The van der Waals surface area contributed by atoms with Crippen LogP contribution in [0.5, 0.6) is 0 Å². The highest BCUT2D eigenvalue weighted by Crippen LogP contribution is 2.00. The van der Waals surface area contributed by atoms with Gasteiger partial charge in [-0.1, -0.05) is 0 Å². The molecule has 0 spiro atoms. The van der Waals surface area contributed by atoms with Gasteiger partial charge in [0.2, 0.25) is 0 Å². The van der Waals surface area contributed by atoms with Crippen LogP contribution in [0, 0.1) is 0 Å². The predicted octanol–water partition coefficient (Wildman–Crippen LogP) is 0.122. The van der Waals surface area contributed by atoms with Crippen molar-refractivity contribution in [2.45, 2.75) is 12.5 Å². The molecule has 1 atom stereocenters. The van der Waals surface area contributed by atoms with Crippen LogP contribution < -0.4 is 10.6 Å². The van der Waals surface area contributed by atoms with E-state index in [0.29, 0.717) is 12.2 Å². The summed E-state index contributed by atoms with van der Waals surface area (Å²) in [4.78, 5) is 21.4. The molecule has 0 aliphatic rings. The third kappa shape index (κ3) is 5.35. The van der Waals surface area contributed by atoms with Crippen LogP contribution in [0.2, 0.25) is 0 Å². The van der Waals surface area contributed by atoms with E-state index in [9.17, 15) is 9.59 Å². The van der Waals surface area contributed by atoms with Crippen LogP contribution in [0.15, 0.2) is 0 Å². The van der Waals surface area contributed by atoms with Gasteiger partial charge in [0.15, 0.2) is 0 Å². The first-order chi connectivity index (χ1) is 6.11. The van der Waals surface area contributed by atoms with Crippen LogP contribution in [0.4, 0.5) is 4.79 Å². The zero-order valence-corrected chi connectivity index (χ0v) is 8.48. The lowest BCUT2D eigenvalue weighted by molar-refractivity contribution is -0.139. The quantitative estimate of drug-likeness (QED) is 0.597. The number of carboxylic acids is 1. The van der Waals surface area contributed by atoms with Crippen LogP contribution >= 0.6 is 11.8 Å². The number of rotatable bonds is 5. The maximum atomic E-state index is 10.8. The number of hydrogen-bond donors (Lipinski definition) is 3. The Kier molecular flexibility index (Phi) is 6.13. The first kappa shape index (κ1) is 12.1. The zero-order valence-electron chi connectivity index (χ0n) is 7.66. The van der Waals surface area contributed by atoms with Crippen molar-refractivity contribution in [1.82, 2.24) is 10.6 Å². The maximum Gasteiger partial charge on any atom is 0.326 e. The van der Waals surface area contributed by atoms with Gasteiger partial charge >= 0.3 is 12.0 Å². The summed E-state index contributed by atoms with van der Waals surface area (Å²) in [5.41, 5.74) is 0. The lowest BCUT2D eigenvalue weighted by Crippen LogP contribution is -2.45. The molecule has 5 nitrogen and oxygen atoms in total. The second-order valence-corrected chi connectivity index (χ2v) is 3.38. The van der Waals surface area contributed by atoms with Gasteiger partial charge in [-0.2, -0.15) is 11.8 Å². The fourth-order valence-electron chi connectivity index (χ4n) is 0.723. The minimum atomic E-state index is -1.00. The molecule has 0 aliphatic carbocycles. The van der Waals surface area contributed by atoms with Gasteiger partial charge in [0, 0.05) is 7.05 Å². The second-order valence-electron chi connectivity index (χ2n) is 2.40. The number of amides is 2. The van der Waals surface area contributed by atoms with Crippen molar-refractivity contribution >= 4 is 23.8 Å². The second kappa shape index (κ2) is 6.59. The molecule has 0 radical (unpaired) electrons. The van der Waals surface area contributed by atoms with E-state index in [-0.39, 0.29) is 0 Å². The number of aliphatic carboxylic acids is 1. The van der Waals surface area contributed by atoms with Gasteiger partial charge in [-0.3, -0.25) is 0 Å². The fraction of sp³-hybridized carbons (Fsp3) is 0.714. The van der Waals surface area contributed by atoms with E-state index in [1.165, 1.54) is 7.05 Å². The fourth-order valence-corrected chi connectivity index (χ4v) is 1.19. The van der Waals surface area contributed by atoms with E-state index in [2.05, 4.69) is 10.6 Å². The number of nitrogens with one attached hydrogen (secondary N) is 2. The lowest BCUT2D eigenvalue weighted by Gasteiger charge is -2.12. The highest BCUT2D eigenvalue weighted by molar-refractivity contribution is 7.98. The van der Waals surface area contributed by atoms with E-state index in [1.54, 1.807) is 11.8 Å². The van der Waals surface area contributed by atoms with Crippen LogP contribution in [-0.2, 0) is 4.79 Å². The number of thioether (sulfide) groups is 1. The van der Waals surface area contributed by atoms with Gasteiger partial charge in [0.25, 0.3) is 0 Å². The van der Waals surface area contributed by atoms with Gasteiger partial charge in [-0.25, -0.2) is 9.59 Å². The molecule has 3 N–H and O–H groups in total. The SMILES string of the molecule is CNC(=O)NC(CCSC)C(=O)O. The largest absolute Gasteiger partial charge is 0.480 e. The summed E-state index contributed by atoms with van der Waals surface area (Å²) in [6.07, 6.45) is 2.32. The summed E-state index contributed by atoms with van der Waals surface area (Å²) in [5.74, 6) is -0.293. The van der Waals surface area contributed by atoms with Crippen molar-refractivity contribution in [3.63, 3.8) is 0 Å². The molecule has 0 aromatic carbocycles. The first-order valence-electron chi connectivity index (χ1n) is 3.81. The number of carboxylic acid groups (broad SMARTS) is 1. The van der Waals surface area contributed by atoms with Crippen LogP contribution in [0.1, 0.15) is 6.42 Å². The van der Waals surface area contributed by atoms with E-state index < -0.39 is 18.0 Å². The minimum absolute atomic E-state index is 0.434. The van der Waals surface area contributed by atoms with Crippen molar-refractivity contribution < 1.29 is 14.7 Å². The molecule has 6 heteroatoms. The third-order valence-corrected chi connectivity index (χ3v) is 2.09. The highest BCUT2D eigenvalue weighted by Gasteiger charge is 2.18. The average Bonchev–Trinajstić information content (AvgIpc) is 2.11. The normalized spacial score (nSPS) is 11.8. The Hall–Kier alpha value is -0.910. The Morgan fingerprint density at radius 2 is 2.15 bits per heavy atom. The summed E-state index contributed by atoms with van der Waals surface area (Å²) in [6.45, 7) is 0. The number of carbonyl (C=O) groups is 2. The standard InChI is InChI=1S/C7H14N2O3S/c1-8-7(12)9-5(6(10)11)3-4-13-2/h5H,3-4H2,1-2H3,(H,10,11)(H2,8,9,12). The molecule has 0 aromatic rings. The number of hydrogen-bond acceptors (Lipinski definition) is 3. The Morgan fingerprint density at radius 3 is 2.54 bits per heavy atom. The molecule has 76 valence electrons. The summed E-state index contributed by atoms with van der Waals surface area (Å²) in [7, 11) is 1.45.